The third kappa shape index (κ3) is 3.25. The zero-order chi connectivity index (χ0) is 12.3. The number of hydrogen-bond donors (Lipinski definition) is 2. The lowest BCUT2D eigenvalue weighted by Crippen LogP contribution is -2.33. The minimum Gasteiger partial charge on any atom is -0.326 e. The molecule has 5 heteroatoms. The van der Waals surface area contributed by atoms with Gasteiger partial charge >= 0.3 is 0 Å². The highest BCUT2D eigenvalue weighted by Crippen LogP contribution is 2.13. The molecule has 0 radical (unpaired) electrons. The maximum absolute atomic E-state index is 13.3. The summed E-state index contributed by atoms with van der Waals surface area (Å²) in [6.45, 7) is 1.82. The molecule has 1 heterocycles. The van der Waals surface area contributed by atoms with Crippen LogP contribution in [0.4, 0.5) is 10.1 Å². The Kier molecular flexibility index (Phi) is 3.71. The quantitative estimate of drug-likeness (QED) is 0.817. The molecule has 1 atom stereocenters. The molecule has 4 nitrogen and oxygen atoms in total. The van der Waals surface area contributed by atoms with Gasteiger partial charge in [-0.25, -0.2) is 4.39 Å². The summed E-state index contributed by atoms with van der Waals surface area (Å²) in [7, 11) is 0. The summed E-state index contributed by atoms with van der Waals surface area (Å²) in [6.07, 6.45) is 0.910. The summed E-state index contributed by atoms with van der Waals surface area (Å²) >= 11 is 0. The van der Waals surface area contributed by atoms with E-state index in [1.54, 1.807) is 18.2 Å². The van der Waals surface area contributed by atoms with E-state index in [0.717, 1.165) is 19.5 Å². The average Bonchev–Trinajstić information content (AvgIpc) is 2.67. The van der Waals surface area contributed by atoms with E-state index < -0.39 is 5.82 Å². The van der Waals surface area contributed by atoms with Crippen molar-refractivity contribution in [1.82, 2.24) is 4.90 Å². The number of carbonyl (C=O) groups is 1. The number of hydrogen-bond acceptors (Lipinski definition) is 3. The largest absolute Gasteiger partial charge is 0.326 e. The molecule has 1 amide bonds. The molecule has 0 spiro atoms. The number of nitrogens with two attached hydrogens (primary N) is 1. The molecule has 1 aromatic rings. The number of halogens is 1. The number of benzene rings is 1. The number of para-hydroxylation sites is 1. The fourth-order valence-electron chi connectivity index (χ4n) is 1.96. The number of amides is 1. The van der Waals surface area contributed by atoms with Gasteiger partial charge in [-0.3, -0.25) is 9.69 Å². The minimum atomic E-state index is -0.418. The zero-order valence-corrected chi connectivity index (χ0v) is 9.53. The number of nitrogens with one attached hydrogen (secondary N) is 1. The van der Waals surface area contributed by atoms with E-state index in [1.807, 2.05) is 4.90 Å². The molecular weight excluding hydrogens is 221 g/mol. The molecule has 0 aromatic heterocycles. The first-order valence-corrected chi connectivity index (χ1v) is 5.67. The summed E-state index contributed by atoms with van der Waals surface area (Å²) in [5.74, 6) is -0.622. The van der Waals surface area contributed by atoms with Gasteiger partial charge in [-0.05, 0) is 18.6 Å². The highest BCUT2D eigenvalue weighted by Gasteiger charge is 2.21. The van der Waals surface area contributed by atoms with Crippen LogP contribution in [0.5, 0.6) is 0 Å². The van der Waals surface area contributed by atoms with Gasteiger partial charge in [0.1, 0.15) is 5.82 Å². The molecule has 1 aromatic carbocycles. The van der Waals surface area contributed by atoms with E-state index in [2.05, 4.69) is 5.32 Å². The van der Waals surface area contributed by atoms with Crippen molar-refractivity contribution in [2.45, 2.75) is 12.5 Å². The molecule has 1 aliphatic rings. The van der Waals surface area contributed by atoms with Crippen LogP contribution < -0.4 is 11.1 Å². The van der Waals surface area contributed by atoms with Crippen molar-refractivity contribution in [2.75, 3.05) is 25.0 Å². The van der Waals surface area contributed by atoms with Crippen LogP contribution in [0.2, 0.25) is 0 Å². The summed E-state index contributed by atoms with van der Waals surface area (Å²) in [5, 5.41) is 2.56. The third-order valence-corrected chi connectivity index (χ3v) is 2.82. The Morgan fingerprint density at radius 3 is 2.94 bits per heavy atom. The van der Waals surface area contributed by atoms with Gasteiger partial charge < -0.3 is 11.1 Å². The summed E-state index contributed by atoms with van der Waals surface area (Å²) in [6, 6.07) is 6.29. The van der Waals surface area contributed by atoms with Gasteiger partial charge in [-0.1, -0.05) is 12.1 Å². The lowest BCUT2D eigenvalue weighted by Gasteiger charge is -2.14. The van der Waals surface area contributed by atoms with Gasteiger partial charge in [0.15, 0.2) is 0 Å². The Bertz CT molecular complexity index is 410. The van der Waals surface area contributed by atoms with Gasteiger partial charge in [0.2, 0.25) is 5.91 Å². The van der Waals surface area contributed by atoms with E-state index in [0.29, 0.717) is 0 Å². The van der Waals surface area contributed by atoms with E-state index in [4.69, 9.17) is 5.73 Å². The first-order valence-electron chi connectivity index (χ1n) is 5.67. The van der Waals surface area contributed by atoms with Crippen molar-refractivity contribution in [3.63, 3.8) is 0 Å². The Hall–Kier alpha value is -1.46. The van der Waals surface area contributed by atoms with Crippen molar-refractivity contribution in [3.05, 3.63) is 30.1 Å². The van der Waals surface area contributed by atoms with E-state index in [1.165, 1.54) is 6.07 Å². The number of likely N-dealkylation sites (tertiary alicyclic amines) is 1. The third-order valence-electron chi connectivity index (χ3n) is 2.82. The van der Waals surface area contributed by atoms with Crippen LogP contribution in [-0.4, -0.2) is 36.5 Å². The Morgan fingerprint density at radius 1 is 1.53 bits per heavy atom. The number of carbonyl (C=O) groups excluding carboxylic acids is 1. The van der Waals surface area contributed by atoms with Gasteiger partial charge in [0.25, 0.3) is 0 Å². The molecule has 17 heavy (non-hydrogen) atoms. The smallest absolute Gasteiger partial charge is 0.238 e. The fourth-order valence-corrected chi connectivity index (χ4v) is 1.96. The molecule has 0 unspecified atom stereocenters. The second kappa shape index (κ2) is 5.25. The maximum atomic E-state index is 13.3. The van der Waals surface area contributed by atoms with Crippen molar-refractivity contribution >= 4 is 11.6 Å². The van der Waals surface area contributed by atoms with E-state index in [9.17, 15) is 9.18 Å². The van der Waals surface area contributed by atoms with Crippen LogP contribution in [0.1, 0.15) is 6.42 Å². The molecule has 92 valence electrons. The average molecular weight is 237 g/mol. The summed E-state index contributed by atoms with van der Waals surface area (Å²) in [5.41, 5.74) is 5.97. The van der Waals surface area contributed by atoms with Gasteiger partial charge in [-0.15, -0.1) is 0 Å². The lowest BCUT2D eigenvalue weighted by atomic mass is 10.3. The van der Waals surface area contributed by atoms with Gasteiger partial charge in [-0.2, -0.15) is 0 Å². The van der Waals surface area contributed by atoms with Gasteiger partial charge in [0.05, 0.1) is 12.2 Å². The molecule has 0 aliphatic carbocycles. The van der Waals surface area contributed by atoms with Crippen molar-refractivity contribution in [1.29, 1.82) is 0 Å². The Labute approximate surface area is 99.6 Å². The predicted octanol–water partition coefficient (Wildman–Crippen LogP) is 0.797. The predicted molar refractivity (Wildman–Crippen MR) is 64.1 cm³/mol. The minimum absolute atomic E-state index is 0.149. The van der Waals surface area contributed by atoms with Gasteiger partial charge in [0, 0.05) is 19.1 Å². The Balaban J connectivity index is 1.87. The molecule has 2 rings (SSSR count). The molecule has 3 N–H and O–H groups in total. The Morgan fingerprint density at radius 2 is 2.29 bits per heavy atom. The molecule has 0 saturated carbocycles. The molecule has 1 saturated heterocycles. The van der Waals surface area contributed by atoms with Crippen LogP contribution in [0.15, 0.2) is 24.3 Å². The highest BCUT2D eigenvalue weighted by atomic mass is 19.1. The lowest BCUT2D eigenvalue weighted by molar-refractivity contribution is -0.117. The van der Waals surface area contributed by atoms with Crippen LogP contribution in [0.3, 0.4) is 0 Å². The van der Waals surface area contributed by atoms with Crippen molar-refractivity contribution in [3.8, 4) is 0 Å². The highest BCUT2D eigenvalue weighted by molar-refractivity contribution is 5.92. The first kappa shape index (κ1) is 12.0. The number of rotatable bonds is 3. The fraction of sp³-hybridized carbons (Fsp3) is 0.417. The van der Waals surface area contributed by atoms with Crippen LogP contribution in [-0.2, 0) is 4.79 Å². The monoisotopic (exact) mass is 237 g/mol. The second-order valence-electron chi connectivity index (χ2n) is 4.31. The second-order valence-corrected chi connectivity index (χ2v) is 4.31. The standard InChI is InChI=1S/C12H16FN3O/c13-10-3-1-2-4-11(10)15-12(17)8-16-6-5-9(14)7-16/h1-4,9H,5-8,14H2,(H,15,17)/t9-/m0/s1. The maximum Gasteiger partial charge on any atom is 0.238 e. The van der Waals surface area contributed by atoms with Crippen molar-refractivity contribution < 1.29 is 9.18 Å². The topological polar surface area (TPSA) is 58.4 Å². The molecular formula is C12H16FN3O. The summed E-state index contributed by atoms with van der Waals surface area (Å²) < 4.78 is 13.3. The van der Waals surface area contributed by atoms with Crippen LogP contribution in [0, 0.1) is 5.82 Å². The molecule has 1 fully saturated rings. The van der Waals surface area contributed by atoms with E-state index >= 15 is 0 Å². The first-order chi connectivity index (χ1) is 8.15. The number of anilines is 1. The summed E-state index contributed by atoms with van der Waals surface area (Å²) in [4.78, 5) is 13.6. The molecule has 0 bridgehead atoms. The van der Waals surface area contributed by atoms with E-state index in [-0.39, 0.29) is 24.2 Å². The van der Waals surface area contributed by atoms with Crippen LogP contribution >= 0.6 is 0 Å². The SMILES string of the molecule is N[C@H]1CCN(CC(=O)Nc2ccccc2F)C1. The molecule has 1 aliphatic heterocycles. The zero-order valence-electron chi connectivity index (χ0n) is 9.53. The normalized spacial score (nSPS) is 20.5. The van der Waals surface area contributed by atoms with Crippen LogP contribution in [0.25, 0.3) is 0 Å². The van der Waals surface area contributed by atoms with Crippen molar-refractivity contribution in [2.24, 2.45) is 5.73 Å². The number of nitrogens with zero attached hydrogens (tertiary/aromatic N) is 1.